The number of azo groups is 1. The highest BCUT2D eigenvalue weighted by molar-refractivity contribution is 7.89. The first-order valence-electron chi connectivity index (χ1n) is 11.5. The Balaban J connectivity index is 1.71. The van der Waals surface area contributed by atoms with E-state index in [4.69, 9.17) is 12.2 Å². The van der Waals surface area contributed by atoms with Crippen LogP contribution in [0.2, 0.25) is 0 Å². The number of hydrogen-bond acceptors (Lipinski definition) is 5. The average Bonchev–Trinajstić information content (AvgIpc) is 3.10. The van der Waals surface area contributed by atoms with E-state index < -0.39 is 10.0 Å². The normalized spacial score (nSPS) is 15.6. The third kappa shape index (κ3) is 5.14. The Labute approximate surface area is 211 Å². The number of thiocarbonyl (C=S) groups is 1. The molecule has 0 amide bonds. The van der Waals surface area contributed by atoms with E-state index in [0.717, 1.165) is 24.1 Å². The van der Waals surface area contributed by atoms with Crippen molar-refractivity contribution in [2.24, 2.45) is 16.1 Å². The van der Waals surface area contributed by atoms with Crippen LogP contribution in [0.3, 0.4) is 0 Å². The first-order chi connectivity index (χ1) is 16.7. The third-order valence-corrected chi connectivity index (χ3v) is 8.38. The number of aromatic nitrogens is 1. The van der Waals surface area contributed by atoms with Crippen LogP contribution in [-0.2, 0) is 16.6 Å². The number of anilines is 1. The quantitative estimate of drug-likeness (QED) is 0.250. The number of para-hydroxylation sites is 1. The molecule has 0 atom stereocenters. The summed E-state index contributed by atoms with van der Waals surface area (Å²) in [6, 6.07) is 12.4. The molecule has 1 aliphatic heterocycles. The van der Waals surface area contributed by atoms with Crippen molar-refractivity contribution in [3.05, 3.63) is 60.7 Å². The number of piperidine rings is 1. The van der Waals surface area contributed by atoms with E-state index in [2.05, 4.69) is 29.0 Å². The maximum atomic E-state index is 13.3. The van der Waals surface area contributed by atoms with Gasteiger partial charge in [-0.15, -0.1) is 16.8 Å². The highest BCUT2D eigenvalue weighted by Crippen LogP contribution is 2.40. The molecule has 2 N–H and O–H groups in total. The standard InChI is InChI=1S/C25H29N5O3S2/c1-4-13-30-22-10-9-19(35(32,33)29-14-11-17(2)12-15-29)16-20(22)23(24(30)31)27-28-25(34)26-21-8-6-5-7-18(21)3/h4-10,16-17,31H,1,11-15H2,2-3H3,(H,26,34). The van der Waals surface area contributed by atoms with E-state index in [9.17, 15) is 13.5 Å². The van der Waals surface area contributed by atoms with Crippen LogP contribution in [0.4, 0.5) is 11.4 Å². The fourth-order valence-electron chi connectivity index (χ4n) is 4.20. The van der Waals surface area contributed by atoms with Gasteiger partial charge in [-0.1, -0.05) is 31.2 Å². The second-order valence-corrected chi connectivity index (χ2v) is 11.1. The van der Waals surface area contributed by atoms with Gasteiger partial charge in [0.25, 0.3) is 0 Å². The number of benzene rings is 2. The Morgan fingerprint density at radius 1 is 1.26 bits per heavy atom. The van der Waals surface area contributed by atoms with Crippen molar-refractivity contribution in [2.45, 2.75) is 38.1 Å². The molecule has 184 valence electrons. The van der Waals surface area contributed by atoms with Crippen LogP contribution in [-0.4, -0.2) is 40.6 Å². The summed E-state index contributed by atoms with van der Waals surface area (Å²) in [5.41, 5.74) is 2.58. The number of sulfonamides is 1. The van der Waals surface area contributed by atoms with Crippen LogP contribution < -0.4 is 5.32 Å². The largest absolute Gasteiger partial charge is 0.493 e. The van der Waals surface area contributed by atoms with Crippen LogP contribution in [0, 0.1) is 12.8 Å². The maximum absolute atomic E-state index is 13.3. The number of rotatable bonds is 6. The third-order valence-electron chi connectivity index (χ3n) is 6.30. The molecule has 1 aromatic heterocycles. The predicted octanol–water partition coefficient (Wildman–Crippen LogP) is 5.74. The summed E-state index contributed by atoms with van der Waals surface area (Å²) in [6.45, 7) is 9.14. The molecule has 1 saturated heterocycles. The molecular formula is C25H29N5O3S2. The van der Waals surface area contributed by atoms with Gasteiger partial charge in [-0.2, -0.15) is 4.31 Å². The summed E-state index contributed by atoms with van der Waals surface area (Å²) in [6.07, 6.45) is 3.32. The molecule has 10 heteroatoms. The van der Waals surface area contributed by atoms with Crippen molar-refractivity contribution < 1.29 is 13.5 Å². The Bertz CT molecular complexity index is 1400. The molecule has 0 radical (unpaired) electrons. The van der Waals surface area contributed by atoms with Crippen LogP contribution in [0.5, 0.6) is 5.88 Å². The molecule has 0 unspecified atom stereocenters. The molecule has 0 aliphatic carbocycles. The minimum absolute atomic E-state index is 0.120. The van der Waals surface area contributed by atoms with Crippen molar-refractivity contribution in [1.82, 2.24) is 8.87 Å². The molecule has 0 spiro atoms. The van der Waals surface area contributed by atoms with Gasteiger partial charge in [0, 0.05) is 30.7 Å². The lowest BCUT2D eigenvalue weighted by Crippen LogP contribution is -2.37. The Hall–Kier alpha value is -3.08. The number of nitrogens with zero attached hydrogens (tertiary/aromatic N) is 4. The van der Waals surface area contributed by atoms with Gasteiger partial charge < -0.3 is 15.0 Å². The van der Waals surface area contributed by atoms with E-state index in [0.29, 0.717) is 36.5 Å². The first kappa shape index (κ1) is 25.0. The first-order valence-corrected chi connectivity index (χ1v) is 13.3. The van der Waals surface area contributed by atoms with E-state index in [-0.39, 0.29) is 21.6 Å². The van der Waals surface area contributed by atoms with Crippen molar-refractivity contribution in [1.29, 1.82) is 0 Å². The van der Waals surface area contributed by atoms with Crippen molar-refractivity contribution in [2.75, 3.05) is 18.4 Å². The van der Waals surface area contributed by atoms with Gasteiger partial charge in [-0.3, -0.25) is 0 Å². The number of fused-ring (bicyclic) bond motifs is 1. The van der Waals surface area contributed by atoms with Gasteiger partial charge in [0.2, 0.25) is 21.0 Å². The summed E-state index contributed by atoms with van der Waals surface area (Å²) in [5.74, 6) is 0.377. The zero-order valence-corrected chi connectivity index (χ0v) is 21.4. The number of allylic oxidation sites excluding steroid dienone is 1. The van der Waals surface area contributed by atoms with Gasteiger partial charge in [0.1, 0.15) is 0 Å². The fraction of sp³-hybridized carbons (Fsp3) is 0.320. The topological polar surface area (TPSA) is 99.3 Å². The average molecular weight is 512 g/mol. The summed E-state index contributed by atoms with van der Waals surface area (Å²) >= 11 is 5.32. The highest BCUT2D eigenvalue weighted by atomic mass is 32.2. The second-order valence-electron chi connectivity index (χ2n) is 8.78. The molecule has 0 bridgehead atoms. The molecule has 1 fully saturated rings. The van der Waals surface area contributed by atoms with Crippen LogP contribution in [0.25, 0.3) is 10.9 Å². The lowest BCUT2D eigenvalue weighted by molar-refractivity contribution is 0.288. The summed E-state index contributed by atoms with van der Waals surface area (Å²) in [4.78, 5) is 0.160. The number of nitrogens with one attached hydrogen (secondary N) is 1. The SMILES string of the molecule is C=CCn1c(O)c(N=NC(=S)Nc2ccccc2C)c2cc(S(=O)(=O)N3CCC(C)CC3)ccc21. The van der Waals surface area contributed by atoms with Crippen molar-refractivity contribution in [3.63, 3.8) is 0 Å². The molecule has 35 heavy (non-hydrogen) atoms. The predicted molar refractivity (Wildman–Crippen MR) is 143 cm³/mol. The van der Waals surface area contributed by atoms with Crippen molar-refractivity contribution in [3.8, 4) is 5.88 Å². The Kier molecular flexibility index (Phi) is 7.34. The smallest absolute Gasteiger partial charge is 0.243 e. The van der Waals surface area contributed by atoms with E-state index in [1.807, 2.05) is 31.2 Å². The molecule has 2 aromatic carbocycles. The molecule has 4 rings (SSSR count). The van der Waals surface area contributed by atoms with Crippen LogP contribution >= 0.6 is 12.2 Å². The molecule has 0 saturated carbocycles. The lowest BCUT2D eigenvalue weighted by Gasteiger charge is -2.29. The molecule has 1 aliphatic rings. The number of hydrogen-bond donors (Lipinski definition) is 2. The fourth-order valence-corrected chi connectivity index (χ4v) is 5.85. The highest BCUT2D eigenvalue weighted by Gasteiger charge is 2.29. The molecule has 8 nitrogen and oxygen atoms in total. The van der Waals surface area contributed by atoms with Gasteiger partial charge in [0.15, 0.2) is 5.69 Å². The number of aryl methyl sites for hydroxylation is 1. The van der Waals surface area contributed by atoms with E-state index in [1.165, 1.54) is 4.31 Å². The maximum Gasteiger partial charge on any atom is 0.243 e. The van der Waals surface area contributed by atoms with Gasteiger partial charge in [0.05, 0.1) is 10.4 Å². The Morgan fingerprint density at radius 3 is 2.66 bits per heavy atom. The zero-order valence-electron chi connectivity index (χ0n) is 19.8. The van der Waals surface area contributed by atoms with Gasteiger partial charge in [-0.25, -0.2) is 8.42 Å². The Morgan fingerprint density at radius 2 is 1.97 bits per heavy atom. The van der Waals surface area contributed by atoms with Gasteiger partial charge in [-0.05, 0) is 67.7 Å². The summed E-state index contributed by atoms with van der Waals surface area (Å²) in [7, 11) is -3.67. The van der Waals surface area contributed by atoms with Gasteiger partial charge >= 0.3 is 0 Å². The molecular weight excluding hydrogens is 482 g/mol. The minimum Gasteiger partial charge on any atom is -0.493 e. The van der Waals surface area contributed by atoms with E-state index >= 15 is 0 Å². The second kappa shape index (κ2) is 10.3. The molecule has 3 aromatic rings. The summed E-state index contributed by atoms with van der Waals surface area (Å²) in [5, 5.41) is 22.8. The lowest BCUT2D eigenvalue weighted by atomic mass is 10.0. The minimum atomic E-state index is -3.67. The zero-order chi connectivity index (χ0) is 25.2. The summed E-state index contributed by atoms with van der Waals surface area (Å²) < 4.78 is 29.8. The van der Waals surface area contributed by atoms with Crippen LogP contribution in [0.1, 0.15) is 25.3 Å². The number of aromatic hydroxyl groups is 1. The monoisotopic (exact) mass is 511 g/mol. The van der Waals surface area contributed by atoms with E-state index in [1.54, 1.807) is 28.8 Å². The van der Waals surface area contributed by atoms with Crippen molar-refractivity contribution >= 4 is 49.6 Å². The molecule has 2 heterocycles. The van der Waals surface area contributed by atoms with Crippen LogP contribution in [0.15, 0.2) is 70.2 Å².